The maximum atomic E-state index is 12.7. The fourth-order valence-electron chi connectivity index (χ4n) is 1.65. The normalized spacial score (nSPS) is 13.1. The summed E-state index contributed by atoms with van der Waals surface area (Å²) < 4.78 is 38.0. The van der Waals surface area contributed by atoms with Gasteiger partial charge in [-0.1, -0.05) is 53.5 Å². The predicted octanol–water partition coefficient (Wildman–Crippen LogP) is 5.71. The molecule has 0 radical (unpaired) electrons. The summed E-state index contributed by atoms with van der Waals surface area (Å²) in [7, 11) is 0. The van der Waals surface area contributed by atoms with Gasteiger partial charge in [-0.3, -0.25) is 0 Å². The fourth-order valence-corrected chi connectivity index (χ4v) is 2.09. The molecular weight excluding hydrogens is 310 g/mol. The molecule has 0 aromatic heterocycles. The van der Waals surface area contributed by atoms with Crippen molar-refractivity contribution in [2.45, 2.75) is 11.7 Å². The first-order valence-electron chi connectivity index (χ1n) is 5.70. The van der Waals surface area contributed by atoms with E-state index in [1.54, 1.807) is 24.3 Å². The summed E-state index contributed by atoms with van der Waals surface area (Å²) in [6.07, 6.45) is -4.42. The van der Waals surface area contributed by atoms with Gasteiger partial charge in [-0.2, -0.15) is 13.2 Å². The lowest BCUT2D eigenvalue weighted by molar-refractivity contribution is -0.137. The molecule has 2 aromatic carbocycles. The smallest absolute Gasteiger partial charge is 0.364 e. The molecule has 1 atom stereocenters. The average Bonchev–Trinajstić information content (AvgIpc) is 2.41. The highest BCUT2D eigenvalue weighted by atomic mass is 35.5. The van der Waals surface area contributed by atoms with Crippen LogP contribution in [-0.4, -0.2) is 0 Å². The third-order valence-corrected chi connectivity index (χ3v) is 3.36. The number of hydrogen-bond donors (Lipinski definition) is 1. The van der Waals surface area contributed by atoms with Crippen LogP contribution in [0.25, 0.3) is 0 Å². The number of alkyl halides is 4. The lowest BCUT2D eigenvalue weighted by atomic mass is 10.1. The highest BCUT2D eigenvalue weighted by Crippen LogP contribution is 2.35. The van der Waals surface area contributed by atoms with Crippen molar-refractivity contribution in [1.29, 1.82) is 0 Å². The second kappa shape index (κ2) is 5.94. The molecule has 20 heavy (non-hydrogen) atoms. The van der Waals surface area contributed by atoms with E-state index in [4.69, 9.17) is 23.2 Å². The molecule has 0 spiro atoms. The summed E-state index contributed by atoms with van der Waals surface area (Å²) in [6.45, 7) is 0. The average molecular weight is 320 g/mol. The molecule has 1 nitrogen and oxygen atoms in total. The fraction of sp³-hybridized carbons (Fsp3) is 0.143. The standard InChI is InChI=1S/C14H10Cl2F3N/c15-11-7-6-10(14(17,18)19)8-12(11)20-13(16)9-4-2-1-3-5-9/h1-8,13,20H. The van der Waals surface area contributed by atoms with E-state index in [0.717, 1.165) is 17.7 Å². The number of nitrogens with one attached hydrogen (secondary N) is 1. The van der Waals surface area contributed by atoms with E-state index in [0.29, 0.717) is 0 Å². The van der Waals surface area contributed by atoms with Crippen molar-refractivity contribution in [3.8, 4) is 0 Å². The maximum absolute atomic E-state index is 12.7. The predicted molar refractivity (Wildman–Crippen MR) is 75.1 cm³/mol. The van der Waals surface area contributed by atoms with Crippen LogP contribution in [0.3, 0.4) is 0 Å². The Morgan fingerprint density at radius 1 is 1.00 bits per heavy atom. The quantitative estimate of drug-likeness (QED) is 0.564. The van der Waals surface area contributed by atoms with Crippen LogP contribution in [0, 0.1) is 0 Å². The van der Waals surface area contributed by atoms with Crippen molar-refractivity contribution in [2.24, 2.45) is 0 Å². The second-order valence-corrected chi connectivity index (χ2v) is 4.95. The van der Waals surface area contributed by atoms with Crippen molar-refractivity contribution >= 4 is 28.9 Å². The van der Waals surface area contributed by atoms with E-state index in [-0.39, 0.29) is 10.7 Å². The van der Waals surface area contributed by atoms with Gasteiger partial charge in [0.15, 0.2) is 0 Å². The van der Waals surface area contributed by atoms with Crippen molar-refractivity contribution < 1.29 is 13.2 Å². The minimum atomic E-state index is -4.42. The third-order valence-electron chi connectivity index (χ3n) is 2.67. The van der Waals surface area contributed by atoms with E-state index in [2.05, 4.69) is 5.32 Å². The zero-order chi connectivity index (χ0) is 14.8. The van der Waals surface area contributed by atoms with Gasteiger partial charge in [0.1, 0.15) is 5.50 Å². The summed E-state index contributed by atoms with van der Waals surface area (Å²) in [5.41, 5.74) is -0.563. The van der Waals surface area contributed by atoms with Crippen LogP contribution < -0.4 is 5.32 Å². The molecule has 0 saturated heterocycles. The summed E-state index contributed by atoms with van der Waals surface area (Å²) in [4.78, 5) is 0. The van der Waals surface area contributed by atoms with Gasteiger partial charge in [-0.05, 0) is 23.8 Å². The van der Waals surface area contributed by atoms with Crippen LogP contribution in [0.5, 0.6) is 0 Å². The minimum absolute atomic E-state index is 0.144. The van der Waals surface area contributed by atoms with Gasteiger partial charge in [-0.25, -0.2) is 0 Å². The van der Waals surface area contributed by atoms with E-state index >= 15 is 0 Å². The molecule has 0 fully saturated rings. The summed E-state index contributed by atoms with van der Waals surface area (Å²) in [5, 5.41) is 2.95. The summed E-state index contributed by atoms with van der Waals surface area (Å²) in [5.74, 6) is 0. The van der Waals surface area contributed by atoms with Crippen LogP contribution in [0.2, 0.25) is 5.02 Å². The Labute approximate surface area is 124 Å². The first-order chi connectivity index (χ1) is 9.38. The molecule has 2 aromatic rings. The van der Waals surface area contributed by atoms with Crippen molar-refractivity contribution in [2.75, 3.05) is 5.32 Å². The first-order valence-corrected chi connectivity index (χ1v) is 6.51. The molecule has 0 saturated carbocycles. The Hall–Kier alpha value is -1.39. The molecular formula is C14H10Cl2F3N. The lowest BCUT2D eigenvalue weighted by Crippen LogP contribution is -2.08. The SMILES string of the molecule is FC(F)(F)c1ccc(Cl)c(NC(Cl)c2ccccc2)c1. The Balaban J connectivity index is 2.25. The zero-order valence-electron chi connectivity index (χ0n) is 10.1. The molecule has 2 rings (SSSR count). The first kappa shape index (κ1) is 15.0. The number of halogens is 5. The Morgan fingerprint density at radius 2 is 1.65 bits per heavy atom. The van der Waals surface area contributed by atoms with E-state index in [1.807, 2.05) is 6.07 Å². The van der Waals surface area contributed by atoms with E-state index in [9.17, 15) is 13.2 Å². The molecule has 6 heteroatoms. The molecule has 0 aliphatic heterocycles. The van der Waals surface area contributed by atoms with Gasteiger partial charge in [0.25, 0.3) is 0 Å². The van der Waals surface area contributed by atoms with Crippen molar-refractivity contribution in [1.82, 2.24) is 0 Å². The highest BCUT2D eigenvalue weighted by molar-refractivity contribution is 6.33. The van der Waals surface area contributed by atoms with Gasteiger partial charge in [-0.15, -0.1) is 0 Å². The molecule has 106 valence electrons. The molecule has 0 aliphatic carbocycles. The third kappa shape index (κ3) is 3.58. The van der Waals surface area contributed by atoms with Crippen LogP contribution in [-0.2, 0) is 6.18 Å². The number of hydrogen-bond acceptors (Lipinski definition) is 1. The van der Waals surface area contributed by atoms with Gasteiger partial charge in [0.2, 0.25) is 0 Å². The molecule has 1 unspecified atom stereocenters. The van der Waals surface area contributed by atoms with Crippen molar-refractivity contribution in [3.63, 3.8) is 0 Å². The molecule has 1 N–H and O–H groups in total. The van der Waals surface area contributed by atoms with E-state index in [1.165, 1.54) is 6.07 Å². The van der Waals surface area contributed by atoms with E-state index < -0.39 is 17.2 Å². The summed E-state index contributed by atoms with van der Waals surface area (Å²) in [6, 6.07) is 12.0. The molecule has 0 aliphatic rings. The van der Waals surface area contributed by atoms with Gasteiger partial charge < -0.3 is 5.32 Å². The van der Waals surface area contributed by atoms with Gasteiger partial charge >= 0.3 is 6.18 Å². The Bertz CT molecular complexity index is 585. The molecule has 0 heterocycles. The Kier molecular flexibility index (Phi) is 4.45. The second-order valence-electron chi connectivity index (χ2n) is 4.11. The van der Waals surface area contributed by atoms with Crippen LogP contribution in [0.4, 0.5) is 18.9 Å². The zero-order valence-corrected chi connectivity index (χ0v) is 11.6. The van der Waals surface area contributed by atoms with Crippen LogP contribution in [0.15, 0.2) is 48.5 Å². The minimum Gasteiger partial charge on any atom is -0.364 e. The number of benzene rings is 2. The van der Waals surface area contributed by atoms with Crippen LogP contribution >= 0.6 is 23.2 Å². The number of anilines is 1. The number of rotatable bonds is 3. The highest BCUT2D eigenvalue weighted by Gasteiger charge is 2.31. The monoisotopic (exact) mass is 319 g/mol. The maximum Gasteiger partial charge on any atom is 0.416 e. The van der Waals surface area contributed by atoms with Gasteiger partial charge in [0.05, 0.1) is 16.3 Å². The molecule has 0 amide bonds. The largest absolute Gasteiger partial charge is 0.416 e. The molecule has 0 bridgehead atoms. The van der Waals surface area contributed by atoms with Gasteiger partial charge in [0, 0.05) is 0 Å². The topological polar surface area (TPSA) is 12.0 Å². The van der Waals surface area contributed by atoms with Crippen LogP contribution in [0.1, 0.15) is 16.6 Å². The Morgan fingerprint density at radius 3 is 2.25 bits per heavy atom. The lowest BCUT2D eigenvalue weighted by Gasteiger charge is -2.16. The summed E-state index contributed by atoms with van der Waals surface area (Å²) >= 11 is 12.0. The van der Waals surface area contributed by atoms with Crippen molar-refractivity contribution in [3.05, 3.63) is 64.7 Å².